The zero-order valence-electron chi connectivity index (χ0n) is 6.83. The van der Waals surface area contributed by atoms with Gasteiger partial charge in [-0.1, -0.05) is 6.92 Å². The van der Waals surface area contributed by atoms with Crippen LogP contribution in [0.4, 0.5) is 0 Å². The van der Waals surface area contributed by atoms with Gasteiger partial charge in [-0.15, -0.1) is 11.3 Å². The molecule has 1 aliphatic heterocycles. The van der Waals surface area contributed by atoms with E-state index in [0.29, 0.717) is 5.56 Å². The third-order valence-electron chi connectivity index (χ3n) is 1.81. The molecule has 0 atom stereocenters. The molecule has 2 rings (SSSR count). The molecular weight excluding hydrogens is 210 g/mol. The van der Waals surface area contributed by atoms with Gasteiger partial charge in [0, 0.05) is 4.88 Å². The number of rotatable bonds is 1. The summed E-state index contributed by atoms with van der Waals surface area (Å²) in [5, 5.41) is 0. The summed E-state index contributed by atoms with van der Waals surface area (Å²) in [6.45, 7) is 1.92. The normalized spacial score (nSPS) is 18.4. The Morgan fingerprint density at radius 1 is 1.54 bits per heavy atom. The van der Waals surface area contributed by atoms with E-state index in [9.17, 15) is 13.2 Å². The molecule has 0 bridgehead atoms. The molecule has 0 spiro atoms. The Morgan fingerprint density at radius 2 is 2.23 bits per heavy atom. The van der Waals surface area contributed by atoms with Gasteiger partial charge in [0.25, 0.3) is 15.9 Å². The van der Waals surface area contributed by atoms with Crippen molar-refractivity contribution in [2.75, 3.05) is 0 Å². The molecular formula is C7H7NO3S2. The smallest absolute Gasteiger partial charge is 0.268 e. The van der Waals surface area contributed by atoms with Crippen molar-refractivity contribution >= 4 is 27.3 Å². The lowest BCUT2D eigenvalue weighted by molar-refractivity contribution is 0.0985. The molecule has 6 heteroatoms. The van der Waals surface area contributed by atoms with Crippen LogP contribution in [-0.4, -0.2) is 14.3 Å². The molecule has 13 heavy (non-hydrogen) atoms. The van der Waals surface area contributed by atoms with E-state index in [2.05, 4.69) is 0 Å². The van der Waals surface area contributed by atoms with Gasteiger partial charge < -0.3 is 0 Å². The third-order valence-corrected chi connectivity index (χ3v) is 4.96. The Kier molecular flexibility index (Phi) is 1.71. The minimum Gasteiger partial charge on any atom is -0.268 e. The van der Waals surface area contributed by atoms with E-state index in [0.717, 1.165) is 22.6 Å². The number of aryl methyl sites for hydroxylation is 1. The summed E-state index contributed by atoms with van der Waals surface area (Å²) in [6.07, 6.45) is 0.750. The van der Waals surface area contributed by atoms with E-state index in [1.165, 1.54) is 0 Å². The Bertz CT molecular complexity index is 472. The van der Waals surface area contributed by atoms with Crippen molar-refractivity contribution in [2.45, 2.75) is 17.6 Å². The highest BCUT2D eigenvalue weighted by Crippen LogP contribution is 2.31. The molecule has 1 amide bonds. The largest absolute Gasteiger partial charge is 0.274 e. The first kappa shape index (κ1) is 8.71. The van der Waals surface area contributed by atoms with Gasteiger partial charge >= 0.3 is 0 Å². The quantitative estimate of drug-likeness (QED) is 0.754. The first-order chi connectivity index (χ1) is 6.04. The van der Waals surface area contributed by atoms with Crippen molar-refractivity contribution in [1.82, 2.24) is 4.72 Å². The number of hydrogen-bond donors (Lipinski definition) is 1. The van der Waals surface area contributed by atoms with Gasteiger partial charge in [-0.3, -0.25) is 4.79 Å². The van der Waals surface area contributed by atoms with Crippen molar-refractivity contribution in [3.05, 3.63) is 16.5 Å². The molecule has 1 N–H and O–H groups in total. The van der Waals surface area contributed by atoms with E-state index < -0.39 is 15.9 Å². The lowest BCUT2D eigenvalue weighted by atomic mass is 10.3. The number of nitrogens with one attached hydrogen (secondary N) is 1. The van der Waals surface area contributed by atoms with Gasteiger partial charge in [-0.25, -0.2) is 13.1 Å². The SMILES string of the molecule is CCc1cc2c(s1)S(=O)(=O)NC2=O. The van der Waals surface area contributed by atoms with Crippen molar-refractivity contribution in [1.29, 1.82) is 0 Å². The Labute approximate surface area is 79.6 Å². The number of amides is 1. The first-order valence-electron chi connectivity index (χ1n) is 3.74. The molecule has 70 valence electrons. The average molecular weight is 217 g/mol. The van der Waals surface area contributed by atoms with Crippen LogP contribution in [0.1, 0.15) is 22.2 Å². The standard InChI is InChI=1S/C7H7NO3S2/c1-2-4-3-5-6(9)8-13(10,11)7(5)12-4/h3H,2H2,1H3,(H,8,9). The molecule has 0 fully saturated rings. The van der Waals surface area contributed by atoms with Gasteiger partial charge in [0.05, 0.1) is 5.56 Å². The minimum atomic E-state index is -3.53. The van der Waals surface area contributed by atoms with Gasteiger partial charge in [-0.2, -0.15) is 0 Å². The number of sulfonamides is 1. The molecule has 1 aliphatic rings. The van der Waals surface area contributed by atoms with Crippen LogP contribution in [-0.2, 0) is 16.4 Å². The molecule has 4 nitrogen and oxygen atoms in total. The average Bonchev–Trinajstić information content (AvgIpc) is 2.53. The highest BCUT2D eigenvalue weighted by Gasteiger charge is 2.34. The van der Waals surface area contributed by atoms with E-state index >= 15 is 0 Å². The Morgan fingerprint density at radius 3 is 2.77 bits per heavy atom. The van der Waals surface area contributed by atoms with Gasteiger partial charge in [0.15, 0.2) is 4.21 Å². The van der Waals surface area contributed by atoms with Crippen LogP contribution in [0.2, 0.25) is 0 Å². The highest BCUT2D eigenvalue weighted by molar-refractivity contribution is 7.92. The summed E-state index contributed by atoms with van der Waals surface area (Å²) in [6, 6.07) is 1.64. The van der Waals surface area contributed by atoms with Crippen LogP contribution in [0, 0.1) is 0 Å². The lowest BCUT2D eigenvalue weighted by Crippen LogP contribution is -2.21. The van der Waals surface area contributed by atoms with Crippen molar-refractivity contribution in [2.24, 2.45) is 0 Å². The first-order valence-corrected chi connectivity index (χ1v) is 6.04. The molecule has 0 saturated carbocycles. The molecule has 0 radical (unpaired) electrons. The summed E-state index contributed by atoms with van der Waals surface area (Å²) in [5.74, 6) is -0.508. The summed E-state index contributed by atoms with van der Waals surface area (Å²) in [5.41, 5.74) is 0.293. The summed E-state index contributed by atoms with van der Waals surface area (Å²) < 4.78 is 24.6. The molecule has 1 aromatic rings. The van der Waals surface area contributed by atoms with Crippen molar-refractivity contribution in [3.63, 3.8) is 0 Å². The summed E-state index contributed by atoms with van der Waals surface area (Å²) in [7, 11) is -3.53. The zero-order chi connectivity index (χ0) is 9.64. The van der Waals surface area contributed by atoms with E-state index in [-0.39, 0.29) is 4.21 Å². The predicted octanol–water partition coefficient (Wildman–Crippen LogP) is 0.743. The molecule has 0 aromatic carbocycles. The number of hydrogen-bond acceptors (Lipinski definition) is 4. The topological polar surface area (TPSA) is 63.2 Å². The maximum absolute atomic E-state index is 11.3. The molecule has 0 saturated heterocycles. The zero-order valence-corrected chi connectivity index (χ0v) is 8.46. The number of fused-ring (bicyclic) bond motifs is 1. The van der Waals surface area contributed by atoms with Crippen LogP contribution in [0.25, 0.3) is 0 Å². The lowest BCUT2D eigenvalue weighted by Gasteiger charge is -1.92. The van der Waals surface area contributed by atoms with Crippen molar-refractivity contribution < 1.29 is 13.2 Å². The Balaban J connectivity index is 2.69. The predicted molar refractivity (Wildman–Crippen MR) is 48.3 cm³/mol. The fraction of sp³-hybridized carbons (Fsp3) is 0.286. The van der Waals surface area contributed by atoms with Crippen LogP contribution in [0.3, 0.4) is 0 Å². The van der Waals surface area contributed by atoms with Crippen LogP contribution < -0.4 is 4.72 Å². The number of carbonyl (C=O) groups excluding carboxylic acids is 1. The van der Waals surface area contributed by atoms with Gasteiger partial charge in [0.1, 0.15) is 0 Å². The molecule has 0 unspecified atom stereocenters. The van der Waals surface area contributed by atoms with E-state index in [1.807, 2.05) is 11.6 Å². The minimum absolute atomic E-state index is 0.161. The summed E-state index contributed by atoms with van der Waals surface area (Å²) >= 11 is 1.16. The van der Waals surface area contributed by atoms with Gasteiger partial charge in [-0.05, 0) is 12.5 Å². The van der Waals surface area contributed by atoms with E-state index in [1.54, 1.807) is 6.07 Å². The fourth-order valence-corrected chi connectivity index (χ4v) is 3.77. The maximum Gasteiger partial charge on any atom is 0.274 e. The van der Waals surface area contributed by atoms with E-state index in [4.69, 9.17) is 0 Å². The summed E-state index contributed by atoms with van der Waals surface area (Å²) in [4.78, 5) is 12.0. The second-order valence-electron chi connectivity index (χ2n) is 2.70. The second-order valence-corrected chi connectivity index (χ2v) is 5.72. The van der Waals surface area contributed by atoms with Crippen LogP contribution in [0.5, 0.6) is 0 Å². The van der Waals surface area contributed by atoms with Crippen LogP contribution >= 0.6 is 11.3 Å². The third kappa shape index (κ3) is 1.17. The molecule has 0 aliphatic carbocycles. The fourth-order valence-electron chi connectivity index (χ4n) is 1.18. The van der Waals surface area contributed by atoms with Crippen LogP contribution in [0.15, 0.2) is 10.3 Å². The second kappa shape index (κ2) is 2.55. The van der Waals surface area contributed by atoms with Gasteiger partial charge in [0.2, 0.25) is 0 Å². The van der Waals surface area contributed by atoms with Crippen molar-refractivity contribution in [3.8, 4) is 0 Å². The highest BCUT2D eigenvalue weighted by atomic mass is 32.2. The Hall–Kier alpha value is -0.880. The molecule has 1 aromatic heterocycles. The monoisotopic (exact) mass is 217 g/mol. The number of thiophene rings is 1. The maximum atomic E-state index is 11.3. The molecule has 2 heterocycles. The number of carbonyl (C=O) groups is 1.